The van der Waals surface area contributed by atoms with Crippen LogP contribution < -0.4 is 5.32 Å². The molecule has 0 aromatic heterocycles. The van der Waals surface area contributed by atoms with Crippen molar-refractivity contribution in [3.8, 4) is 0 Å². The van der Waals surface area contributed by atoms with E-state index in [1.807, 2.05) is 12.1 Å². The summed E-state index contributed by atoms with van der Waals surface area (Å²) in [5.41, 5.74) is 4.87. The number of nitrogens with one attached hydrogen (secondary N) is 1. The van der Waals surface area contributed by atoms with Crippen LogP contribution in [-0.2, 0) is 24.4 Å². The molecule has 2 aromatic rings. The molecule has 0 atom stereocenters. The first-order valence-corrected chi connectivity index (χ1v) is 6.43. The Balaban J connectivity index is 1.71. The molecule has 3 rings (SSSR count). The Bertz CT molecular complexity index is 581. The fourth-order valence-electron chi connectivity index (χ4n) is 2.58. The van der Waals surface area contributed by atoms with Gasteiger partial charge >= 0.3 is 0 Å². The van der Waals surface area contributed by atoms with Crippen molar-refractivity contribution in [3.63, 3.8) is 0 Å². The van der Waals surface area contributed by atoms with Crippen LogP contribution in [-0.4, -0.2) is 11.3 Å². The van der Waals surface area contributed by atoms with Gasteiger partial charge in [-0.25, -0.2) is 0 Å². The van der Waals surface area contributed by atoms with Crippen molar-refractivity contribution in [2.75, 3.05) is 5.32 Å². The van der Waals surface area contributed by atoms with Crippen molar-refractivity contribution < 1.29 is 4.79 Å². The highest BCUT2D eigenvalue weighted by atomic mass is 16.1. The van der Waals surface area contributed by atoms with Gasteiger partial charge in [0.2, 0.25) is 6.41 Å². The van der Waals surface area contributed by atoms with Crippen molar-refractivity contribution in [2.45, 2.75) is 19.6 Å². The van der Waals surface area contributed by atoms with E-state index in [0.717, 1.165) is 31.7 Å². The number of nitrogens with zero attached hydrogens (tertiary/aromatic N) is 1. The third-order valence-corrected chi connectivity index (χ3v) is 3.47. The topological polar surface area (TPSA) is 32.3 Å². The van der Waals surface area contributed by atoms with Gasteiger partial charge in [0.1, 0.15) is 0 Å². The lowest BCUT2D eigenvalue weighted by molar-refractivity contribution is -0.105. The van der Waals surface area contributed by atoms with Gasteiger partial charge in [-0.2, -0.15) is 0 Å². The fraction of sp³-hybridized carbons (Fsp3) is 0.188. The van der Waals surface area contributed by atoms with E-state index >= 15 is 0 Å². The van der Waals surface area contributed by atoms with E-state index in [0.29, 0.717) is 0 Å². The highest BCUT2D eigenvalue weighted by Crippen LogP contribution is 2.26. The molecule has 3 nitrogen and oxygen atoms in total. The predicted molar refractivity (Wildman–Crippen MR) is 75.5 cm³/mol. The van der Waals surface area contributed by atoms with Crippen LogP contribution in [0.15, 0.2) is 48.5 Å². The number of carbonyl (C=O) groups excluding carboxylic acids is 1. The third kappa shape index (κ3) is 2.66. The minimum absolute atomic E-state index is 0.721. The van der Waals surface area contributed by atoms with Crippen molar-refractivity contribution in [1.82, 2.24) is 4.90 Å². The van der Waals surface area contributed by atoms with Gasteiger partial charge in [-0.1, -0.05) is 36.4 Å². The maximum atomic E-state index is 10.5. The Morgan fingerprint density at radius 1 is 1.05 bits per heavy atom. The van der Waals surface area contributed by atoms with E-state index in [1.165, 1.54) is 16.7 Å². The van der Waals surface area contributed by atoms with Crippen molar-refractivity contribution >= 4 is 12.1 Å². The summed E-state index contributed by atoms with van der Waals surface area (Å²) in [6.45, 7) is 2.89. The average Bonchev–Trinajstić information content (AvgIpc) is 2.82. The zero-order valence-electron chi connectivity index (χ0n) is 10.7. The first-order valence-electron chi connectivity index (χ1n) is 6.43. The molecule has 0 saturated carbocycles. The van der Waals surface area contributed by atoms with Gasteiger partial charge in [-0.05, 0) is 28.8 Å². The van der Waals surface area contributed by atoms with Crippen LogP contribution in [0.3, 0.4) is 0 Å². The Hall–Kier alpha value is -2.13. The molecule has 0 aliphatic carbocycles. The molecule has 0 radical (unpaired) electrons. The molecule has 0 bridgehead atoms. The number of hydrogen-bond donors (Lipinski definition) is 1. The number of hydrogen-bond acceptors (Lipinski definition) is 2. The maximum Gasteiger partial charge on any atom is 0.211 e. The van der Waals surface area contributed by atoms with E-state index in [9.17, 15) is 4.79 Å². The SMILES string of the molecule is O=CNc1ccc2c(c1)CN(Cc1ccccc1)C2. The lowest BCUT2D eigenvalue weighted by atomic mass is 10.1. The molecule has 1 aliphatic heterocycles. The first-order chi connectivity index (χ1) is 9.35. The molecule has 2 aromatic carbocycles. The molecule has 1 heterocycles. The molecule has 1 amide bonds. The van der Waals surface area contributed by atoms with E-state index in [2.05, 4.69) is 46.6 Å². The van der Waals surface area contributed by atoms with E-state index in [1.54, 1.807) is 0 Å². The summed E-state index contributed by atoms with van der Waals surface area (Å²) in [6, 6.07) is 16.6. The molecule has 1 N–H and O–H groups in total. The van der Waals surface area contributed by atoms with Crippen molar-refractivity contribution in [2.24, 2.45) is 0 Å². The van der Waals surface area contributed by atoms with Crippen LogP contribution in [0.25, 0.3) is 0 Å². The zero-order chi connectivity index (χ0) is 13.1. The second-order valence-electron chi connectivity index (χ2n) is 4.88. The van der Waals surface area contributed by atoms with E-state index in [-0.39, 0.29) is 0 Å². The lowest BCUT2D eigenvalue weighted by Gasteiger charge is -2.14. The zero-order valence-corrected chi connectivity index (χ0v) is 10.7. The Labute approximate surface area is 112 Å². The second kappa shape index (κ2) is 5.24. The molecule has 3 heteroatoms. The predicted octanol–water partition coefficient (Wildman–Crippen LogP) is 2.77. The van der Waals surface area contributed by atoms with Crippen LogP contribution in [0.4, 0.5) is 5.69 Å². The number of rotatable bonds is 4. The normalized spacial score (nSPS) is 14.1. The standard InChI is InChI=1S/C16H16N2O/c19-12-17-16-7-6-14-10-18(11-15(14)8-16)9-13-4-2-1-3-5-13/h1-8,12H,9-11H2,(H,17,19). The number of amides is 1. The van der Waals surface area contributed by atoms with Crippen LogP contribution in [0, 0.1) is 0 Å². The molecule has 0 spiro atoms. The summed E-state index contributed by atoms with van der Waals surface area (Å²) in [5, 5.41) is 2.70. The minimum atomic E-state index is 0.721. The third-order valence-electron chi connectivity index (χ3n) is 3.47. The van der Waals surface area contributed by atoms with Gasteiger partial charge in [0.15, 0.2) is 0 Å². The van der Waals surface area contributed by atoms with Crippen LogP contribution >= 0.6 is 0 Å². The number of carbonyl (C=O) groups is 1. The van der Waals surface area contributed by atoms with Gasteiger partial charge in [0.05, 0.1) is 0 Å². The molecule has 0 unspecified atom stereocenters. The van der Waals surface area contributed by atoms with Gasteiger partial charge in [-0.3, -0.25) is 9.69 Å². The number of benzene rings is 2. The van der Waals surface area contributed by atoms with Gasteiger partial charge in [-0.15, -0.1) is 0 Å². The molecule has 0 saturated heterocycles. The van der Waals surface area contributed by atoms with Crippen LogP contribution in [0.1, 0.15) is 16.7 Å². The Kier molecular flexibility index (Phi) is 3.29. The van der Waals surface area contributed by atoms with Gasteiger partial charge < -0.3 is 5.32 Å². The van der Waals surface area contributed by atoms with E-state index in [4.69, 9.17) is 0 Å². The Morgan fingerprint density at radius 2 is 1.84 bits per heavy atom. The minimum Gasteiger partial charge on any atom is -0.329 e. The Morgan fingerprint density at radius 3 is 2.63 bits per heavy atom. The fourth-order valence-corrected chi connectivity index (χ4v) is 2.58. The molecule has 96 valence electrons. The molecule has 0 fully saturated rings. The average molecular weight is 252 g/mol. The van der Waals surface area contributed by atoms with Crippen molar-refractivity contribution in [1.29, 1.82) is 0 Å². The largest absolute Gasteiger partial charge is 0.329 e. The summed E-state index contributed by atoms with van der Waals surface area (Å²) >= 11 is 0. The van der Waals surface area contributed by atoms with Gasteiger partial charge in [0, 0.05) is 25.3 Å². The summed E-state index contributed by atoms with van der Waals surface area (Å²) in [5.74, 6) is 0. The highest BCUT2D eigenvalue weighted by Gasteiger charge is 2.18. The van der Waals surface area contributed by atoms with Crippen LogP contribution in [0.2, 0.25) is 0 Å². The summed E-state index contributed by atoms with van der Waals surface area (Å²) in [6.07, 6.45) is 0.721. The van der Waals surface area contributed by atoms with E-state index < -0.39 is 0 Å². The molecular formula is C16H16N2O. The first kappa shape index (κ1) is 11.9. The molecular weight excluding hydrogens is 236 g/mol. The highest BCUT2D eigenvalue weighted by molar-refractivity contribution is 5.71. The summed E-state index contributed by atoms with van der Waals surface area (Å²) in [7, 11) is 0. The summed E-state index contributed by atoms with van der Waals surface area (Å²) in [4.78, 5) is 12.9. The number of fused-ring (bicyclic) bond motifs is 1. The monoisotopic (exact) mass is 252 g/mol. The molecule has 1 aliphatic rings. The quantitative estimate of drug-likeness (QED) is 0.849. The smallest absolute Gasteiger partial charge is 0.211 e. The lowest BCUT2D eigenvalue weighted by Crippen LogP contribution is -2.15. The van der Waals surface area contributed by atoms with Gasteiger partial charge in [0.25, 0.3) is 0 Å². The van der Waals surface area contributed by atoms with Crippen LogP contribution in [0.5, 0.6) is 0 Å². The van der Waals surface area contributed by atoms with Crippen molar-refractivity contribution in [3.05, 3.63) is 65.2 Å². The second-order valence-corrected chi connectivity index (χ2v) is 4.88. The molecule has 19 heavy (non-hydrogen) atoms. The number of anilines is 1. The summed E-state index contributed by atoms with van der Waals surface area (Å²) < 4.78 is 0. The maximum absolute atomic E-state index is 10.5.